The van der Waals surface area contributed by atoms with Gasteiger partial charge in [-0.1, -0.05) is 164 Å². The lowest BCUT2D eigenvalue weighted by Gasteiger charge is -2.30. The van der Waals surface area contributed by atoms with Crippen LogP contribution in [0.4, 0.5) is 0 Å². The normalized spacial score (nSPS) is 14.7. The van der Waals surface area contributed by atoms with Crippen molar-refractivity contribution in [2.24, 2.45) is 0 Å². The Labute approximate surface area is 324 Å². The maximum atomic E-state index is 5.45. The first-order valence-corrected chi connectivity index (χ1v) is 19.6. The molecule has 3 heteroatoms. The second kappa shape index (κ2) is 12.4. The summed E-state index contributed by atoms with van der Waals surface area (Å²) in [5.74, 6) is 0.720. The third kappa shape index (κ3) is 5.01. The standard InChI is InChI=1S/C52H34N2S/c1-52(37-15-3-2-4-16-37)45-23-9-7-18-39(45)41-20-12-22-43(50(41)52)47-32-46(53-51(54-47)42-21-11-14-34-13-5-6-17-38(34)42)35-27-25-33(26-28-35)36-29-30-49-44(31-36)40-19-8-10-24-48(40)55-49/h2-32H,1H3. The summed E-state index contributed by atoms with van der Waals surface area (Å²) in [5, 5.41) is 4.93. The SMILES string of the molecule is CC1(c2ccccc2)c2ccccc2-c2cccc(-c3cc(-c4ccc(-c5ccc6sc7ccccc7c6c5)cc4)nc(-c4cccc5ccccc45)n3)c21. The Hall–Kier alpha value is -6.68. The molecular weight excluding hydrogens is 685 g/mol. The van der Waals surface area contributed by atoms with Gasteiger partial charge in [-0.2, -0.15) is 0 Å². The summed E-state index contributed by atoms with van der Waals surface area (Å²) < 4.78 is 2.64. The van der Waals surface area contributed by atoms with E-state index >= 15 is 0 Å². The lowest BCUT2D eigenvalue weighted by Crippen LogP contribution is -2.23. The summed E-state index contributed by atoms with van der Waals surface area (Å²) in [4.78, 5) is 10.8. The van der Waals surface area contributed by atoms with Gasteiger partial charge < -0.3 is 0 Å². The van der Waals surface area contributed by atoms with E-state index in [2.05, 4.69) is 195 Å². The van der Waals surface area contributed by atoms with Crippen molar-refractivity contribution in [1.82, 2.24) is 9.97 Å². The van der Waals surface area contributed by atoms with Crippen molar-refractivity contribution in [2.45, 2.75) is 12.3 Å². The van der Waals surface area contributed by atoms with E-state index < -0.39 is 0 Å². The van der Waals surface area contributed by atoms with E-state index in [1.807, 2.05) is 11.3 Å². The van der Waals surface area contributed by atoms with E-state index in [4.69, 9.17) is 9.97 Å². The Morgan fingerprint density at radius 2 is 1.04 bits per heavy atom. The molecule has 1 aliphatic rings. The van der Waals surface area contributed by atoms with E-state index in [1.165, 1.54) is 64.5 Å². The lowest BCUT2D eigenvalue weighted by atomic mass is 9.72. The van der Waals surface area contributed by atoms with Crippen LogP contribution in [0, 0.1) is 0 Å². The topological polar surface area (TPSA) is 25.8 Å². The summed E-state index contributed by atoms with van der Waals surface area (Å²) in [5.41, 5.74) is 13.4. The molecule has 2 nitrogen and oxygen atoms in total. The molecule has 0 saturated heterocycles. The smallest absolute Gasteiger partial charge is 0.161 e. The number of benzene rings is 8. The maximum absolute atomic E-state index is 5.45. The van der Waals surface area contributed by atoms with Crippen LogP contribution in [0.2, 0.25) is 0 Å². The monoisotopic (exact) mass is 718 g/mol. The quantitative estimate of drug-likeness (QED) is 0.177. The fourth-order valence-electron chi connectivity index (χ4n) is 8.90. The second-order valence-corrected chi connectivity index (χ2v) is 15.7. The summed E-state index contributed by atoms with van der Waals surface area (Å²) in [6.07, 6.45) is 0. The molecule has 2 aromatic heterocycles. The van der Waals surface area contributed by atoms with E-state index in [-0.39, 0.29) is 5.41 Å². The second-order valence-electron chi connectivity index (χ2n) is 14.6. The fourth-order valence-corrected chi connectivity index (χ4v) is 9.99. The van der Waals surface area contributed by atoms with Crippen LogP contribution in [0.15, 0.2) is 188 Å². The average Bonchev–Trinajstić information content (AvgIpc) is 3.76. The molecule has 0 radical (unpaired) electrons. The van der Waals surface area contributed by atoms with Crippen LogP contribution in [-0.4, -0.2) is 9.97 Å². The molecule has 0 fully saturated rings. The zero-order valence-electron chi connectivity index (χ0n) is 30.2. The molecule has 0 N–H and O–H groups in total. The Kier molecular flexibility index (Phi) is 7.20. The van der Waals surface area contributed by atoms with E-state index in [1.54, 1.807) is 0 Å². The highest BCUT2D eigenvalue weighted by atomic mass is 32.1. The van der Waals surface area contributed by atoms with Crippen LogP contribution >= 0.6 is 11.3 Å². The van der Waals surface area contributed by atoms with Crippen molar-refractivity contribution in [3.05, 3.63) is 205 Å². The molecule has 0 spiro atoms. The number of thiophene rings is 1. The van der Waals surface area contributed by atoms with Crippen LogP contribution in [0.1, 0.15) is 23.6 Å². The first kappa shape index (κ1) is 31.8. The minimum atomic E-state index is -0.370. The average molecular weight is 719 g/mol. The van der Waals surface area contributed by atoms with Gasteiger partial charge in [0.2, 0.25) is 0 Å². The molecule has 11 rings (SSSR count). The van der Waals surface area contributed by atoms with Gasteiger partial charge in [0.15, 0.2) is 5.82 Å². The Balaban J connectivity index is 1.10. The Morgan fingerprint density at radius 1 is 0.418 bits per heavy atom. The minimum Gasteiger partial charge on any atom is -0.228 e. The zero-order valence-corrected chi connectivity index (χ0v) is 31.0. The van der Waals surface area contributed by atoms with Crippen molar-refractivity contribution >= 4 is 42.3 Å². The predicted molar refractivity (Wildman–Crippen MR) is 232 cm³/mol. The van der Waals surface area contributed by atoms with Gasteiger partial charge in [0.05, 0.1) is 11.4 Å². The number of nitrogens with zero attached hydrogens (tertiary/aromatic N) is 2. The minimum absolute atomic E-state index is 0.370. The zero-order chi connectivity index (χ0) is 36.5. The molecule has 1 atom stereocenters. The first-order valence-electron chi connectivity index (χ1n) is 18.8. The predicted octanol–water partition coefficient (Wildman–Crippen LogP) is 14.0. The highest BCUT2D eigenvalue weighted by molar-refractivity contribution is 7.25. The van der Waals surface area contributed by atoms with Gasteiger partial charge in [0.1, 0.15) is 0 Å². The van der Waals surface area contributed by atoms with Crippen molar-refractivity contribution in [1.29, 1.82) is 0 Å². The molecule has 0 aliphatic heterocycles. The van der Waals surface area contributed by atoms with E-state index in [0.29, 0.717) is 0 Å². The van der Waals surface area contributed by atoms with Crippen molar-refractivity contribution < 1.29 is 0 Å². The molecule has 10 aromatic rings. The number of fused-ring (bicyclic) bond motifs is 7. The van der Waals surface area contributed by atoms with Crippen molar-refractivity contribution in [3.63, 3.8) is 0 Å². The third-order valence-electron chi connectivity index (χ3n) is 11.6. The molecule has 0 bridgehead atoms. The van der Waals surface area contributed by atoms with Gasteiger partial charge in [-0.15, -0.1) is 11.3 Å². The lowest BCUT2D eigenvalue weighted by molar-refractivity contribution is 0.715. The number of hydrogen-bond acceptors (Lipinski definition) is 3. The van der Waals surface area contributed by atoms with Gasteiger partial charge in [-0.05, 0) is 80.9 Å². The van der Waals surface area contributed by atoms with Crippen LogP contribution in [0.3, 0.4) is 0 Å². The number of hydrogen-bond donors (Lipinski definition) is 0. The highest BCUT2D eigenvalue weighted by Crippen LogP contribution is 2.55. The van der Waals surface area contributed by atoms with Crippen LogP contribution in [-0.2, 0) is 5.41 Å². The van der Waals surface area contributed by atoms with Crippen LogP contribution in [0.25, 0.3) is 87.1 Å². The van der Waals surface area contributed by atoms with E-state index in [0.717, 1.165) is 39.3 Å². The molecular formula is C52H34N2S. The van der Waals surface area contributed by atoms with Gasteiger partial charge in [0, 0.05) is 42.3 Å². The van der Waals surface area contributed by atoms with Crippen LogP contribution < -0.4 is 0 Å². The molecule has 55 heavy (non-hydrogen) atoms. The molecule has 258 valence electrons. The largest absolute Gasteiger partial charge is 0.228 e. The summed E-state index contributed by atoms with van der Waals surface area (Å²) in [6, 6.07) is 68.0. The summed E-state index contributed by atoms with van der Waals surface area (Å²) in [6.45, 7) is 2.37. The van der Waals surface area contributed by atoms with Crippen LogP contribution in [0.5, 0.6) is 0 Å². The Morgan fingerprint density at radius 3 is 1.93 bits per heavy atom. The van der Waals surface area contributed by atoms with Gasteiger partial charge in [0.25, 0.3) is 0 Å². The first-order chi connectivity index (χ1) is 27.1. The summed E-state index contributed by atoms with van der Waals surface area (Å²) >= 11 is 1.85. The fraction of sp³-hybridized carbons (Fsp3) is 0.0385. The number of rotatable bonds is 5. The van der Waals surface area contributed by atoms with Gasteiger partial charge in [-0.3, -0.25) is 0 Å². The summed E-state index contributed by atoms with van der Waals surface area (Å²) in [7, 11) is 0. The molecule has 1 aliphatic carbocycles. The molecule has 2 heterocycles. The number of aromatic nitrogens is 2. The van der Waals surface area contributed by atoms with E-state index in [9.17, 15) is 0 Å². The van der Waals surface area contributed by atoms with Crippen molar-refractivity contribution in [3.8, 4) is 56.2 Å². The van der Waals surface area contributed by atoms with Gasteiger partial charge >= 0.3 is 0 Å². The van der Waals surface area contributed by atoms with Gasteiger partial charge in [-0.25, -0.2) is 9.97 Å². The molecule has 0 saturated carbocycles. The Bertz CT molecular complexity index is 3100. The highest BCUT2D eigenvalue weighted by Gasteiger charge is 2.42. The molecule has 1 unspecified atom stereocenters. The molecule has 8 aromatic carbocycles. The maximum Gasteiger partial charge on any atom is 0.161 e. The third-order valence-corrected chi connectivity index (χ3v) is 12.7. The van der Waals surface area contributed by atoms with Crippen molar-refractivity contribution in [2.75, 3.05) is 0 Å². The molecule has 0 amide bonds.